The number of carbonyl (C=O) groups excluding carboxylic acids is 1. The van der Waals surface area contributed by atoms with Crippen molar-refractivity contribution in [2.75, 3.05) is 13.1 Å². The van der Waals surface area contributed by atoms with E-state index in [0.717, 1.165) is 30.5 Å². The summed E-state index contributed by atoms with van der Waals surface area (Å²) in [6, 6.07) is 17.6. The van der Waals surface area contributed by atoms with Gasteiger partial charge in [-0.3, -0.25) is 9.89 Å². The maximum absolute atomic E-state index is 12.9. The van der Waals surface area contributed by atoms with E-state index in [-0.39, 0.29) is 5.91 Å². The monoisotopic (exact) mass is 360 g/mol. The average Bonchev–Trinajstić information content (AvgIpc) is 3.26. The molecule has 2 aromatic carbocycles. The van der Waals surface area contributed by atoms with Crippen LogP contribution in [-0.2, 0) is 0 Å². The predicted molar refractivity (Wildman–Crippen MR) is 108 cm³/mol. The molecule has 0 radical (unpaired) electrons. The van der Waals surface area contributed by atoms with Gasteiger partial charge >= 0.3 is 0 Å². The van der Waals surface area contributed by atoms with Crippen molar-refractivity contribution >= 4 is 12.0 Å². The molecule has 3 aromatic rings. The van der Waals surface area contributed by atoms with E-state index in [1.54, 1.807) is 0 Å². The van der Waals surface area contributed by atoms with Gasteiger partial charge in [-0.1, -0.05) is 68.0 Å². The van der Waals surface area contributed by atoms with E-state index in [1.807, 2.05) is 53.4 Å². The first-order valence-electron chi connectivity index (χ1n) is 9.24. The molecule has 0 saturated carbocycles. The number of unbranched alkanes of at least 4 members (excludes halogenated alkanes) is 1. The smallest absolute Gasteiger partial charge is 0.254 e. The zero-order valence-corrected chi connectivity index (χ0v) is 15.5. The normalized spacial score (nSPS) is 11.0. The van der Waals surface area contributed by atoms with Gasteiger partial charge in [-0.05, 0) is 24.1 Å². The molecular weight excluding hydrogens is 336 g/mol. The minimum Gasteiger partial charge on any atom is -0.335 e. The molecule has 0 unspecified atom stereocenters. The lowest BCUT2D eigenvalue weighted by atomic mass is 10.1. The van der Waals surface area contributed by atoms with Gasteiger partial charge in [0, 0.05) is 24.2 Å². The second kappa shape index (κ2) is 9.48. The number of hydrogen-bond acceptors (Lipinski definition) is 3. The molecule has 0 bridgehead atoms. The minimum atomic E-state index is 0.0466. The van der Waals surface area contributed by atoms with Gasteiger partial charge in [0.2, 0.25) is 0 Å². The van der Waals surface area contributed by atoms with Crippen LogP contribution in [0, 0.1) is 0 Å². The quantitative estimate of drug-likeness (QED) is 0.646. The summed E-state index contributed by atoms with van der Waals surface area (Å²) in [5.74, 6) is 0.743. The molecule has 5 nitrogen and oxygen atoms in total. The third-order valence-corrected chi connectivity index (χ3v) is 4.32. The Morgan fingerprint density at radius 1 is 1.11 bits per heavy atom. The molecule has 0 aliphatic rings. The van der Waals surface area contributed by atoms with Crippen LogP contribution >= 0.6 is 0 Å². The van der Waals surface area contributed by atoms with Gasteiger partial charge in [0.15, 0.2) is 5.82 Å². The third-order valence-electron chi connectivity index (χ3n) is 4.32. The molecule has 0 spiro atoms. The van der Waals surface area contributed by atoms with Crippen molar-refractivity contribution in [3.05, 3.63) is 78.1 Å². The first kappa shape index (κ1) is 18.6. The fourth-order valence-corrected chi connectivity index (χ4v) is 2.80. The number of aromatic nitrogens is 3. The Morgan fingerprint density at radius 2 is 1.89 bits per heavy atom. The number of hydrogen-bond donors (Lipinski definition) is 1. The summed E-state index contributed by atoms with van der Waals surface area (Å²) in [6.07, 6.45) is 7.61. The molecule has 0 fully saturated rings. The van der Waals surface area contributed by atoms with Crippen molar-refractivity contribution in [2.24, 2.45) is 0 Å². The summed E-state index contributed by atoms with van der Waals surface area (Å²) in [5.41, 5.74) is 2.73. The molecule has 1 amide bonds. The lowest BCUT2D eigenvalue weighted by Gasteiger charge is -2.21. The summed E-state index contributed by atoms with van der Waals surface area (Å²) in [5, 5.41) is 6.69. The van der Waals surface area contributed by atoms with Crippen LogP contribution in [0.5, 0.6) is 0 Å². The van der Waals surface area contributed by atoms with E-state index in [2.05, 4.69) is 40.3 Å². The van der Waals surface area contributed by atoms with Gasteiger partial charge in [0.05, 0.1) is 0 Å². The zero-order chi connectivity index (χ0) is 18.9. The first-order valence-corrected chi connectivity index (χ1v) is 9.24. The van der Waals surface area contributed by atoms with Gasteiger partial charge in [0.25, 0.3) is 5.91 Å². The Kier molecular flexibility index (Phi) is 6.52. The van der Waals surface area contributed by atoms with Crippen LogP contribution in [0.3, 0.4) is 0 Å². The van der Waals surface area contributed by atoms with Crippen molar-refractivity contribution in [1.82, 2.24) is 20.1 Å². The first-order chi connectivity index (χ1) is 13.3. The summed E-state index contributed by atoms with van der Waals surface area (Å²) in [6.45, 7) is 3.48. The number of nitrogens with zero attached hydrogens (tertiary/aromatic N) is 3. The van der Waals surface area contributed by atoms with Crippen LogP contribution in [0.25, 0.3) is 17.5 Å². The van der Waals surface area contributed by atoms with Crippen molar-refractivity contribution in [3.63, 3.8) is 0 Å². The molecular formula is C22H24N4O. The second-order valence-corrected chi connectivity index (χ2v) is 6.33. The SMILES string of the molecule is CCCCN(CC=Cc1ccccc1)C(=O)c1ccc(-c2ncn[nH]2)cc1. The Bertz CT molecular complexity index is 855. The molecule has 0 aliphatic carbocycles. The van der Waals surface area contributed by atoms with Crippen molar-refractivity contribution in [2.45, 2.75) is 19.8 Å². The van der Waals surface area contributed by atoms with E-state index >= 15 is 0 Å². The highest BCUT2D eigenvalue weighted by Gasteiger charge is 2.14. The van der Waals surface area contributed by atoms with E-state index < -0.39 is 0 Å². The highest BCUT2D eigenvalue weighted by Crippen LogP contribution is 2.16. The van der Waals surface area contributed by atoms with Crippen LogP contribution < -0.4 is 0 Å². The van der Waals surface area contributed by atoms with Gasteiger partial charge < -0.3 is 4.90 Å². The minimum absolute atomic E-state index is 0.0466. The molecule has 1 heterocycles. The van der Waals surface area contributed by atoms with Crippen LogP contribution in [0.1, 0.15) is 35.7 Å². The molecule has 0 atom stereocenters. The lowest BCUT2D eigenvalue weighted by Crippen LogP contribution is -2.32. The number of benzene rings is 2. The predicted octanol–water partition coefficient (Wildman–Crippen LogP) is 4.43. The van der Waals surface area contributed by atoms with E-state index in [4.69, 9.17) is 0 Å². The number of H-pyrrole nitrogens is 1. The number of aromatic amines is 1. The Labute approximate surface area is 159 Å². The van der Waals surface area contributed by atoms with Crippen molar-refractivity contribution in [1.29, 1.82) is 0 Å². The maximum Gasteiger partial charge on any atom is 0.254 e. The molecule has 5 heteroatoms. The molecule has 0 saturated heterocycles. The summed E-state index contributed by atoms with van der Waals surface area (Å²) < 4.78 is 0. The van der Waals surface area contributed by atoms with Gasteiger partial charge in [-0.25, -0.2) is 4.98 Å². The highest BCUT2D eigenvalue weighted by molar-refractivity contribution is 5.94. The molecule has 1 N–H and O–H groups in total. The van der Waals surface area contributed by atoms with Crippen LogP contribution in [0.15, 0.2) is 67.0 Å². The number of carbonyl (C=O) groups is 1. The Balaban J connectivity index is 1.69. The Hall–Kier alpha value is -3.21. The molecule has 27 heavy (non-hydrogen) atoms. The van der Waals surface area contributed by atoms with Crippen LogP contribution in [0.2, 0.25) is 0 Å². The van der Waals surface area contributed by atoms with E-state index in [9.17, 15) is 4.79 Å². The third kappa shape index (κ3) is 5.14. The Morgan fingerprint density at radius 3 is 2.56 bits per heavy atom. The van der Waals surface area contributed by atoms with Crippen LogP contribution in [-0.4, -0.2) is 39.1 Å². The van der Waals surface area contributed by atoms with Crippen molar-refractivity contribution in [3.8, 4) is 11.4 Å². The summed E-state index contributed by atoms with van der Waals surface area (Å²) >= 11 is 0. The number of amides is 1. The lowest BCUT2D eigenvalue weighted by molar-refractivity contribution is 0.0772. The molecule has 1 aromatic heterocycles. The van der Waals surface area contributed by atoms with Gasteiger partial charge in [-0.15, -0.1) is 0 Å². The topological polar surface area (TPSA) is 61.9 Å². The van der Waals surface area contributed by atoms with E-state index in [1.165, 1.54) is 6.33 Å². The maximum atomic E-state index is 12.9. The zero-order valence-electron chi connectivity index (χ0n) is 15.5. The number of nitrogens with one attached hydrogen (secondary N) is 1. The van der Waals surface area contributed by atoms with Crippen LogP contribution in [0.4, 0.5) is 0 Å². The molecule has 0 aliphatic heterocycles. The number of rotatable bonds is 8. The summed E-state index contributed by atoms with van der Waals surface area (Å²) in [4.78, 5) is 19.0. The van der Waals surface area contributed by atoms with E-state index in [0.29, 0.717) is 17.9 Å². The fraction of sp³-hybridized carbons (Fsp3) is 0.227. The highest BCUT2D eigenvalue weighted by atomic mass is 16.2. The second-order valence-electron chi connectivity index (χ2n) is 6.33. The molecule has 3 rings (SSSR count). The fourth-order valence-electron chi connectivity index (χ4n) is 2.80. The molecule has 138 valence electrons. The van der Waals surface area contributed by atoms with Crippen molar-refractivity contribution < 1.29 is 4.79 Å². The largest absolute Gasteiger partial charge is 0.335 e. The average molecular weight is 360 g/mol. The van der Waals surface area contributed by atoms with Gasteiger partial charge in [0.1, 0.15) is 6.33 Å². The standard InChI is InChI=1S/C22H24N4O/c1-2-3-15-26(16-7-10-18-8-5-4-6-9-18)22(27)20-13-11-19(12-14-20)21-23-17-24-25-21/h4-14,17H,2-3,15-16H2,1H3,(H,23,24,25). The summed E-state index contributed by atoms with van der Waals surface area (Å²) in [7, 11) is 0. The van der Waals surface area contributed by atoms with Gasteiger partial charge in [-0.2, -0.15) is 5.10 Å².